The number of nitrogens with zero attached hydrogens (tertiary/aromatic N) is 3. The lowest BCUT2D eigenvalue weighted by molar-refractivity contribution is -0.121. The minimum atomic E-state index is -0.0614. The molecule has 2 saturated heterocycles. The molecule has 0 aliphatic carbocycles. The molecule has 2 fully saturated rings. The van der Waals surface area contributed by atoms with E-state index in [-0.39, 0.29) is 17.4 Å². The van der Waals surface area contributed by atoms with E-state index in [4.69, 9.17) is 4.52 Å². The van der Waals surface area contributed by atoms with Crippen molar-refractivity contribution in [1.82, 2.24) is 20.4 Å². The van der Waals surface area contributed by atoms with E-state index < -0.39 is 0 Å². The van der Waals surface area contributed by atoms with E-state index in [2.05, 4.69) is 46.3 Å². The summed E-state index contributed by atoms with van der Waals surface area (Å²) in [7, 11) is 0. The van der Waals surface area contributed by atoms with Gasteiger partial charge in [-0.25, -0.2) is 0 Å². The molecule has 6 heteroatoms. The van der Waals surface area contributed by atoms with Crippen LogP contribution in [0, 0.1) is 5.92 Å². The number of amides is 1. The number of nitrogens with one attached hydrogen (secondary N) is 1. The fourth-order valence-corrected chi connectivity index (χ4v) is 4.29. The molecular weight excluding hydrogens is 340 g/mol. The zero-order valence-corrected chi connectivity index (χ0v) is 16.1. The summed E-state index contributed by atoms with van der Waals surface area (Å²) in [6.07, 6.45) is 3.66. The second-order valence-corrected chi connectivity index (χ2v) is 8.42. The maximum absolute atomic E-state index is 12.6. The smallest absolute Gasteiger partial charge is 0.228 e. The summed E-state index contributed by atoms with van der Waals surface area (Å²) in [4.78, 5) is 19.4. The zero-order valence-electron chi connectivity index (χ0n) is 16.1. The van der Waals surface area contributed by atoms with Gasteiger partial charge in [-0.15, -0.1) is 0 Å². The highest BCUT2D eigenvalue weighted by Crippen LogP contribution is 2.39. The lowest BCUT2D eigenvalue weighted by Gasteiger charge is -2.38. The first-order chi connectivity index (χ1) is 13.0. The molecule has 6 nitrogen and oxygen atoms in total. The molecule has 2 aliphatic rings. The van der Waals surface area contributed by atoms with E-state index >= 15 is 0 Å². The van der Waals surface area contributed by atoms with Gasteiger partial charge in [-0.2, -0.15) is 4.98 Å². The Bertz CT molecular complexity index is 778. The Balaban J connectivity index is 1.34. The van der Waals surface area contributed by atoms with Crippen molar-refractivity contribution in [3.05, 3.63) is 47.6 Å². The van der Waals surface area contributed by atoms with Gasteiger partial charge in [-0.3, -0.25) is 9.69 Å². The van der Waals surface area contributed by atoms with E-state index in [1.165, 1.54) is 0 Å². The van der Waals surface area contributed by atoms with Gasteiger partial charge >= 0.3 is 0 Å². The van der Waals surface area contributed by atoms with Gasteiger partial charge in [0.15, 0.2) is 5.82 Å². The van der Waals surface area contributed by atoms with Crippen molar-refractivity contribution in [3.8, 4) is 0 Å². The van der Waals surface area contributed by atoms with Crippen LogP contribution in [0.15, 0.2) is 34.9 Å². The molecule has 1 amide bonds. The summed E-state index contributed by atoms with van der Waals surface area (Å²) in [6.45, 7) is 6.89. The Morgan fingerprint density at radius 1 is 1.26 bits per heavy atom. The van der Waals surface area contributed by atoms with Gasteiger partial charge in [0.05, 0.1) is 12.5 Å². The highest BCUT2D eigenvalue weighted by molar-refractivity contribution is 5.87. The molecule has 1 N–H and O–H groups in total. The third-order valence-electron chi connectivity index (χ3n) is 5.77. The van der Waals surface area contributed by atoms with E-state index in [1.54, 1.807) is 0 Å². The van der Waals surface area contributed by atoms with E-state index in [0.717, 1.165) is 56.1 Å². The number of piperidine rings is 1. The van der Waals surface area contributed by atoms with Crippen molar-refractivity contribution in [3.63, 3.8) is 0 Å². The highest BCUT2D eigenvalue weighted by atomic mass is 16.5. The summed E-state index contributed by atoms with van der Waals surface area (Å²) in [5, 5.41) is 7.43. The van der Waals surface area contributed by atoms with Crippen molar-refractivity contribution in [1.29, 1.82) is 0 Å². The Morgan fingerprint density at radius 2 is 2.00 bits per heavy atom. The largest absolute Gasteiger partial charge is 0.350 e. The van der Waals surface area contributed by atoms with Crippen molar-refractivity contribution in [2.75, 3.05) is 13.1 Å². The monoisotopic (exact) mass is 368 g/mol. The van der Waals surface area contributed by atoms with Crippen molar-refractivity contribution >= 4 is 5.91 Å². The molecule has 1 aromatic heterocycles. The van der Waals surface area contributed by atoms with E-state index in [1.807, 2.05) is 18.2 Å². The summed E-state index contributed by atoms with van der Waals surface area (Å²) in [5.41, 5.74) is 1.06. The Kier molecular flexibility index (Phi) is 5.00. The average molecular weight is 368 g/mol. The molecule has 4 rings (SSSR count). The standard InChI is InChI=1S/C21H28N4O2/c1-15(2)12-19-22-18(24-27-19)14-25-10-8-21(9-11-25)13-17(20(26)23-21)16-6-4-3-5-7-16/h3-7,15,17H,8-14H2,1-2H3,(H,23,26)/t17-/m0/s1. The number of carbonyl (C=O) groups excluding carboxylic acids is 1. The molecule has 0 saturated carbocycles. The molecular formula is C21H28N4O2. The summed E-state index contributed by atoms with van der Waals surface area (Å²) in [5.74, 6) is 2.15. The van der Waals surface area contributed by atoms with E-state index in [9.17, 15) is 4.79 Å². The average Bonchev–Trinajstić information content (AvgIpc) is 3.22. The summed E-state index contributed by atoms with van der Waals surface area (Å²) >= 11 is 0. The van der Waals surface area contributed by atoms with Crippen LogP contribution in [0.1, 0.15) is 56.3 Å². The second kappa shape index (κ2) is 7.43. The number of carbonyl (C=O) groups is 1. The molecule has 1 spiro atoms. The highest BCUT2D eigenvalue weighted by Gasteiger charge is 2.46. The number of benzene rings is 1. The lowest BCUT2D eigenvalue weighted by atomic mass is 9.82. The summed E-state index contributed by atoms with van der Waals surface area (Å²) in [6, 6.07) is 10.1. The van der Waals surface area contributed by atoms with Gasteiger partial charge in [0.25, 0.3) is 0 Å². The topological polar surface area (TPSA) is 71.3 Å². The van der Waals surface area contributed by atoms with Crippen LogP contribution in [0.5, 0.6) is 0 Å². The minimum absolute atomic E-state index is 0.0199. The van der Waals surface area contributed by atoms with Gasteiger partial charge < -0.3 is 9.84 Å². The molecule has 27 heavy (non-hydrogen) atoms. The first-order valence-electron chi connectivity index (χ1n) is 9.94. The number of rotatable bonds is 5. The molecule has 1 aromatic carbocycles. The molecule has 2 aromatic rings. The van der Waals surface area contributed by atoms with Crippen LogP contribution in [0.2, 0.25) is 0 Å². The SMILES string of the molecule is CC(C)Cc1nc(CN2CCC3(CC2)C[C@@H](c2ccccc2)C(=O)N3)no1. The van der Waals surface area contributed by atoms with Gasteiger partial charge in [-0.1, -0.05) is 49.3 Å². The third-order valence-corrected chi connectivity index (χ3v) is 5.77. The predicted octanol–water partition coefficient (Wildman–Crippen LogP) is 2.91. The number of likely N-dealkylation sites (tertiary alicyclic amines) is 1. The number of hydrogen-bond acceptors (Lipinski definition) is 5. The first-order valence-corrected chi connectivity index (χ1v) is 9.94. The fourth-order valence-electron chi connectivity index (χ4n) is 4.29. The van der Waals surface area contributed by atoms with Crippen LogP contribution < -0.4 is 5.32 Å². The van der Waals surface area contributed by atoms with Crippen LogP contribution in [0.4, 0.5) is 0 Å². The zero-order chi connectivity index (χ0) is 18.9. The van der Waals surface area contributed by atoms with Crippen molar-refractivity contribution in [2.45, 2.75) is 57.5 Å². The molecule has 1 atom stereocenters. The molecule has 144 valence electrons. The number of hydrogen-bond donors (Lipinski definition) is 1. The second-order valence-electron chi connectivity index (χ2n) is 8.42. The van der Waals surface area contributed by atoms with Gasteiger partial charge in [-0.05, 0) is 30.7 Å². The molecule has 3 heterocycles. The van der Waals surface area contributed by atoms with Gasteiger partial charge in [0, 0.05) is 25.0 Å². The van der Waals surface area contributed by atoms with Crippen molar-refractivity contribution < 1.29 is 9.32 Å². The predicted molar refractivity (Wildman–Crippen MR) is 102 cm³/mol. The van der Waals surface area contributed by atoms with Crippen LogP contribution >= 0.6 is 0 Å². The Labute approximate surface area is 160 Å². The summed E-state index contributed by atoms with van der Waals surface area (Å²) < 4.78 is 5.34. The molecule has 0 radical (unpaired) electrons. The van der Waals surface area contributed by atoms with Crippen LogP contribution in [-0.2, 0) is 17.8 Å². The fraction of sp³-hybridized carbons (Fsp3) is 0.571. The van der Waals surface area contributed by atoms with Crippen LogP contribution in [0.25, 0.3) is 0 Å². The lowest BCUT2D eigenvalue weighted by Crippen LogP contribution is -2.50. The molecule has 0 bridgehead atoms. The quantitative estimate of drug-likeness (QED) is 0.879. The molecule has 2 aliphatic heterocycles. The Morgan fingerprint density at radius 3 is 2.70 bits per heavy atom. The minimum Gasteiger partial charge on any atom is -0.350 e. The maximum Gasteiger partial charge on any atom is 0.228 e. The van der Waals surface area contributed by atoms with Crippen molar-refractivity contribution in [2.24, 2.45) is 5.92 Å². The first kappa shape index (κ1) is 18.2. The third kappa shape index (κ3) is 4.05. The van der Waals surface area contributed by atoms with Crippen LogP contribution in [-0.4, -0.2) is 39.6 Å². The van der Waals surface area contributed by atoms with Crippen LogP contribution in [0.3, 0.4) is 0 Å². The maximum atomic E-state index is 12.6. The van der Waals surface area contributed by atoms with E-state index in [0.29, 0.717) is 12.5 Å². The normalized spacial score (nSPS) is 22.5. The number of aromatic nitrogens is 2. The molecule has 0 unspecified atom stereocenters. The Hall–Kier alpha value is -2.21. The van der Waals surface area contributed by atoms with Gasteiger partial charge in [0.2, 0.25) is 11.8 Å². The van der Waals surface area contributed by atoms with Gasteiger partial charge in [0.1, 0.15) is 0 Å².